The monoisotopic (exact) mass is 441 g/mol. The summed E-state index contributed by atoms with van der Waals surface area (Å²) in [6, 6.07) is 12.8. The minimum Gasteiger partial charge on any atom is -0.495 e. The maximum Gasteiger partial charge on any atom is 0.319 e. The van der Waals surface area contributed by atoms with Crippen LogP contribution in [-0.4, -0.2) is 48.7 Å². The van der Waals surface area contributed by atoms with Gasteiger partial charge in [-0.1, -0.05) is 11.6 Å². The van der Waals surface area contributed by atoms with Crippen molar-refractivity contribution >= 4 is 23.3 Å². The van der Waals surface area contributed by atoms with Crippen LogP contribution >= 0.6 is 11.6 Å². The van der Waals surface area contributed by atoms with Gasteiger partial charge in [-0.05, 0) is 56.7 Å². The number of hydrogen-bond donors (Lipinski definition) is 2. The van der Waals surface area contributed by atoms with Gasteiger partial charge in [-0.25, -0.2) is 4.79 Å². The molecular weight excluding hydrogens is 414 g/mol. The molecule has 0 bridgehead atoms. The Bertz CT molecular complexity index is 924. The van der Waals surface area contributed by atoms with Gasteiger partial charge in [0.15, 0.2) is 0 Å². The number of anilines is 1. The lowest BCUT2D eigenvalue weighted by atomic mass is 9.86. The minimum atomic E-state index is -0.440. The summed E-state index contributed by atoms with van der Waals surface area (Å²) in [5.41, 5.74) is 1.12. The number of urea groups is 1. The number of piperidine rings is 1. The van der Waals surface area contributed by atoms with Crippen molar-refractivity contribution < 1.29 is 9.53 Å². The summed E-state index contributed by atoms with van der Waals surface area (Å²) in [6.07, 6.45) is 2.45. The second kappa shape index (κ2) is 9.99. The van der Waals surface area contributed by atoms with E-state index >= 15 is 0 Å². The van der Waals surface area contributed by atoms with Crippen molar-refractivity contribution in [2.24, 2.45) is 5.41 Å². The number of methoxy groups -OCH3 is 1. The van der Waals surface area contributed by atoms with Crippen molar-refractivity contribution in [3.8, 4) is 11.8 Å². The third-order valence-corrected chi connectivity index (χ3v) is 5.66. The highest BCUT2D eigenvalue weighted by atomic mass is 35.5. The Kier molecular flexibility index (Phi) is 7.37. The van der Waals surface area contributed by atoms with Gasteiger partial charge in [-0.15, -0.1) is 0 Å². The number of carbonyl (C=O) groups is 1. The second-order valence-corrected chi connectivity index (χ2v) is 8.90. The van der Waals surface area contributed by atoms with Crippen LogP contribution in [0.15, 0.2) is 42.6 Å². The molecule has 1 aromatic carbocycles. The highest BCUT2D eigenvalue weighted by Gasteiger charge is 2.34. The molecule has 1 saturated heterocycles. The predicted octanol–water partition coefficient (Wildman–Crippen LogP) is 4.27. The zero-order chi connectivity index (χ0) is 22.4. The summed E-state index contributed by atoms with van der Waals surface area (Å²) in [5.74, 6) is 0.678. The van der Waals surface area contributed by atoms with Crippen LogP contribution in [-0.2, 0) is 0 Å². The molecule has 1 aliphatic heterocycles. The molecule has 1 fully saturated rings. The van der Waals surface area contributed by atoms with Gasteiger partial charge >= 0.3 is 6.03 Å². The van der Waals surface area contributed by atoms with E-state index in [1.807, 2.05) is 26.0 Å². The van der Waals surface area contributed by atoms with E-state index in [1.54, 1.807) is 37.6 Å². The van der Waals surface area contributed by atoms with Crippen LogP contribution in [0.5, 0.6) is 5.75 Å². The predicted molar refractivity (Wildman–Crippen MR) is 121 cm³/mol. The summed E-state index contributed by atoms with van der Waals surface area (Å²) in [4.78, 5) is 19.5. The van der Waals surface area contributed by atoms with Crippen molar-refractivity contribution in [3.05, 3.63) is 53.3 Å². The van der Waals surface area contributed by atoms with Crippen molar-refractivity contribution in [1.29, 1.82) is 5.26 Å². The molecular formula is C23H28ClN5O2. The molecule has 0 spiro atoms. The van der Waals surface area contributed by atoms with E-state index in [4.69, 9.17) is 16.3 Å². The number of pyridine rings is 1. The normalized spacial score (nSPS) is 19.3. The molecule has 2 N–H and O–H groups in total. The van der Waals surface area contributed by atoms with Crippen LogP contribution in [0.25, 0.3) is 0 Å². The lowest BCUT2D eigenvalue weighted by Crippen LogP contribution is -2.52. The molecule has 31 heavy (non-hydrogen) atoms. The Balaban J connectivity index is 1.74. The lowest BCUT2D eigenvalue weighted by Gasteiger charge is -2.40. The number of carbonyl (C=O) groups excluding carboxylic acids is 1. The average molecular weight is 442 g/mol. The third kappa shape index (κ3) is 6.33. The fourth-order valence-electron chi connectivity index (χ4n) is 3.83. The molecule has 2 atom stereocenters. The molecule has 1 aromatic heterocycles. The maximum atomic E-state index is 12.6. The van der Waals surface area contributed by atoms with Gasteiger partial charge in [0.1, 0.15) is 5.75 Å². The largest absolute Gasteiger partial charge is 0.495 e. The Morgan fingerprint density at radius 3 is 2.68 bits per heavy atom. The van der Waals surface area contributed by atoms with Crippen LogP contribution in [0.4, 0.5) is 10.5 Å². The summed E-state index contributed by atoms with van der Waals surface area (Å²) in [5, 5.41) is 16.0. The number of benzene rings is 1. The van der Waals surface area contributed by atoms with Crippen LogP contribution in [0.2, 0.25) is 5.02 Å². The Hall–Kier alpha value is -2.82. The zero-order valence-electron chi connectivity index (χ0n) is 18.1. The fraction of sp³-hybridized carbons (Fsp3) is 0.435. The molecule has 2 amide bonds. The van der Waals surface area contributed by atoms with Gasteiger partial charge in [-0.3, -0.25) is 4.98 Å². The van der Waals surface area contributed by atoms with Crippen molar-refractivity contribution in [2.45, 2.75) is 32.2 Å². The van der Waals surface area contributed by atoms with Crippen LogP contribution in [0.1, 0.15) is 31.9 Å². The summed E-state index contributed by atoms with van der Waals surface area (Å²) >= 11 is 5.91. The lowest BCUT2D eigenvalue weighted by molar-refractivity contribution is 0.143. The topological polar surface area (TPSA) is 90.3 Å². The van der Waals surface area contributed by atoms with Crippen molar-refractivity contribution in [1.82, 2.24) is 15.2 Å². The van der Waals surface area contributed by atoms with Gasteiger partial charge in [0.05, 0.1) is 24.8 Å². The van der Waals surface area contributed by atoms with Gasteiger partial charge in [0.2, 0.25) is 0 Å². The van der Waals surface area contributed by atoms with E-state index in [0.717, 1.165) is 18.7 Å². The maximum absolute atomic E-state index is 12.6. The highest BCUT2D eigenvalue weighted by molar-refractivity contribution is 6.30. The number of rotatable bonds is 6. The molecule has 0 aliphatic carbocycles. The Morgan fingerprint density at radius 1 is 1.32 bits per heavy atom. The molecule has 0 radical (unpaired) electrons. The quantitative estimate of drug-likeness (QED) is 0.698. The van der Waals surface area contributed by atoms with E-state index in [0.29, 0.717) is 29.5 Å². The van der Waals surface area contributed by atoms with Gasteiger partial charge in [0, 0.05) is 48.0 Å². The highest BCUT2D eigenvalue weighted by Crippen LogP contribution is 2.29. The number of likely N-dealkylation sites (tertiary alicyclic amines) is 1. The zero-order valence-corrected chi connectivity index (χ0v) is 18.8. The molecule has 8 heteroatoms. The molecule has 0 unspecified atom stereocenters. The fourth-order valence-corrected chi connectivity index (χ4v) is 3.96. The Morgan fingerprint density at radius 2 is 2.06 bits per heavy atom. The minimum absolute atomic E-state index is 0.00915. The van der Waals surface area contributed by atoms with Crippen LogP contribution < -0.4 is 15.4 Å². The number of amides is 2. The first-order valence-electron chi connectivity index (χ1n) is 10.3. The SMILES string of the molecule is COc1ccc([C@@H]2CN(CC(C)(C)C#N)CC[C@H]2NC(=O)Nc2ccc(Cl)cc2)nc1. The smallest absolute Gasteiger partial charge is 0.319 e. The van der Waals surface area contributed by atoms with E-state index in [9.17, 15) is 10.1 Å². The first-order chi connectivity index (χ1) is 14.8. The molecule has 2 heterocycles. The van der Waals surface area contributed by atoms with Crippen LogP contribution in [0.3, 0.4) is 0 Å². The molecule has 7 nitrogen and oxygen atoms in total. The number of halogens is 1. The second-order valence-electron chi connectivity index (χ2n) is 8.46. The van der Waals surface area contributed by atoms with E-state index in [2.05, 4.69) is 26.6 Å². The van der Waals surface area contributed by atoms with Crippen molar-refractivity contribution in [3.63, 3.8) is 0 Å². The van der Waals surface area contributed by atoms with Gasteiger partial charge in [-0.2, -0.15) is 5.26 Å². The summed E-state index contributed by atoms with van der Waals surface area (Å²) < 4.78 is 5.23. The number of aromatic nitrogens is 1. The van der Waals surface area contributed by atoms with E-state index in [1.165, 1.54) is 0 Å². The summed E-state index contributed by atoms with van der Waals surface area (Å²) in [6.45, 7) is 6.05. The number of ether oxygens (including phenoxy) is 1. The van der Waals surface area contributed by atoms with Crippen LogP contribution in [0, 0.1) is 16.7 Å². The molecule has 3 rings (SSSR count). The first kappa shape index (κ1) is 22.9. The van der Waals surface area contributed by atoms with Gasteiger partial charge < -0.3 is 20.3 Å². The van der Waals surface area contributed by atoms with Crippen molar-refractivity contribution in [2.75, 3.05) is 32.1 Å². The van der Waals surface area contributed by atoms with Gasteiger partial charge in [0.25, 0.3) is 0 Å². The average Bonchev–Trinajstić information content (AvgIpc) is 2.76. The standard InChI is InChI=1S/C23H28ClN5O2/c1-23(2,14-25)15-29-11-10-21(19(13-29)20-9-8-18(31-3)12-26-20)28-22(30)27-17-6-4-16(24)5-7-17/h4-9,12,19,21H,10-11,13,15H2,1-3H3,(H2,27,28,30)/t19-,21+/m0/s1. The molecule has 0 saturated carbocycles. The number of nitriles is 1. The van der Waals surface area contributed by atoms with E-state index < -0.39 is 5.41 Å². The van der Waals surface area contributed by atoms with E-state index in [-0.39, 0.29) is 18.0 Å². The third-order valence-electron chi connectivity index (χ3n) is 5.41. The number of nitrogens with one attached hydrogen (secondary N) is 2. The molecule has 164 valence electrons. The number of hydrogen-bond acceptors (Lipinski definition) is 5. The first-order valence-corrected chi connectivity index (χ1v) is 10.6. The molecule has 1 aliphatic rings. The summed E-state index contributed by atoms with van der Waals surface area (Å²) in [7, 11) is 1.61. The number of nitrogens with zero attached hydrogens (tertiary/aromatic N) is 3. The molecule has 2 aromatic rings. The Labute approximate surface area is 188 Å².